The van der Waals surface area contributed by atoms with Gasteiger partial charge in [0.15, 0.2) is 5.76 Å². The van der Waals surface area contributed by atoms with Gasteiger partial charge in [0.2, 0.25) is 5.78 Å². The number of benzene rings is 2. The number of phenolic OH excluding ortho intramolecular Hbond substituents is 1. The quantitative estimate of drug-likeness (QED) is 0.485. The number of fused-ring (bicyclic) bond motifs is 1. The predicted octanol–water partition coefficient (Wildman–Crippen LogP) is 3.80. The Bertz CT molecular complexity index is 1120. The van der Waals surface area contributed by atoms with Gasteiger partial charge in [0.05, 0.1) is 37.9 Å². The molecule has 1 N–H and O–H groups in total. The number of esters is 1. The van der Waals surface area contributed by atoms with Crippen LogP contribution in [0.1, 0.15) is 41.3 Å². The van der Waals surface area contributed by atoms with Crippen molar-refractivity contribution in [2.45, 2.75) is 26.3 Å². The van der Waals surface area contributed by atoms with Crippen LogP contribution in [0.25, 0.3) is 6.08 Å². The third-order valence-electron chi connectivity index (χ3n) is 6.23. The molecule has 4 rings (SSSR count). The summed E-state index contributed by atoms with van der Waals surface area (Å²) in [6.45, 7) is 3.97. The van der Waals surface area contributed by atoms with Crippen molar-refractivity contribution in [2.75, 3.05) is 33.9 Å². The van der Waals surface area contributed by atoms with Gasteiger partial charge in [0.1, 0.15) is 23.0 Å². The van der Waals surface area contributed by atoms with Gasteiger partial charge in [-0.05, 0) is 63.2 Å². The molecule has 34 heavy (non-hydrogen) atoms. The highest BCUT2D eigenvalue weighted by Crippen LogP contribution is 2.41. The van der Waals surface area contributed by atoms with Crippen LogP contribution in [0.5, 0.6) is 23.0 Å². The van der Waals surface area contributed by atoms with Crippen molar-refractivity contribution in [3.63, 3.8) is 0 Å². The predicted molar refractivity (Wildman–Crippen MR) is 125 cm³/mol. The lowest BCUT2D eigenvalue weighted by molar-refractivity contribution is -0.149. The van der Waals surface area contributed by atoms with Crippen LogP contribution in [0.2, 0.25) is 0 Å². The van der Waals surface area contributed by atoms with E-state index in [1.54, 1.807) is 51.5 Å². The normalized spacial score (nSPS) is 17.4. The SMILES string of the molecule is CCOC(=O)C1CCN(Cc2c(O)ccc3c2O/C(=C/c2ccc(OC)cc2OC)C3=O)CC1. The van der Waals surface area contributed by atoms with Crippen molar-refractivity contribution in [3.05, 3.63) is 52.8 Å². The summed E-state index contributed by atoms with van der Waals surface area (Å²) in [5, 5.41) is 10.6. The van der Waals surface area contributed by atoms with Gasteiger partial charge in [-0.3, -0.25) is 14.5 Å². The molecular formula is C26H29NO7. The molecule has 0 amide bonds. The second-order valence-electron chi connectivity index (χ2n) is 8.29. The van der Waals surface area contributed by atoms with Gasteiger partial charge in [-0.1, -0.05) is 0 Å². The summed E-state index contributed by atoms with van der Waals surface area (Å²) in [5.74, 6) is 1.29. The number of aromatic hydroxyl groups is 1. The number of phenols is 1. The number of piperidine rings is 1. The van der Waals surface area contributed by atoms with Crippen LogP contribution in [0.3, 0.4) is 0 Å². The van der Waals surface area contributed by atoms with Crippen molar-refractivity contribution < 1.29 is 33.6 Å². The van der Waals surface area contributed by atoms with Crippen LogP contribution in [-0.4, -0.2) is 55.7 Å². The van der Waals surface area contributed by atoms with Gasteiger partial charge in [-0.2, -0.15) is 0 Å². The average Bonchev–Trinajstić information content (AvgIpc) is 3.17. The first-order valence-corrected chi connectivity index (χ1v) is 11.3. The van der Waals surface area contributed by atoms with Crippen molar-refractivity contribution in [1.29, 1.82) is 0 Å². The molecule has 0 saturated carbocycles. The van der Waals surface area contributed by atoms with Crippen molar-refractivity contribution in [3.8, 4) is 23.0 Å². The summed E-state index contributed by atoms with van der Waals surface area (Å²) in [6.07, 6.45) is 3.01. The fourth-order valence-electron chi connectivity index (χ4n) is 4.34. The zero-order chi connectivity index (χ0) is 24.2. The number of nitrogens with zero attached hydrogens (tertiary/aromatic N) is 1. The summed E-state index contributed by atoms with van der Waals surface area (Å²) < 4.78 is 21.8. The van der Waals surface area contributed by atoms with Gasteiger partial charge in [-0.25, -0.2) is 0 Å². The van der Waals surface area contributed by atoms with E-state index in [-0.39, 0.29) is 29.2 Å². The maximum absolute atomic E-state index is 13.1. The highest BCUT2D eigenvalue weighted by molar-refractivity contribution is 6.15. The Hall–Kier alpha value is -3.52. The van der Waals surface area contributed by atoms with Gasteiger partial charge in [-0.15, -0.1) is 0 Å². The van der Waals surface area contributed by atoms with E-state index in [1.165, 1.54) is 6.07 Å². The smallest absolute Gasteiger partial charge is 0.309 e. The molecule has 180 valence electrons. The molecule has 0 atom stereocenters. The molecular weight excluding hydrogens is 438 g/mol. The molecule has 0 bridgehead atoms. The largest absolute Gasteiger partial charge is 0.507 e. The number of rotatable bonds is 7. The zero-order valence-electron chi connectivity index (χ0n) is 19.6. The zero-order valence-corrected chi connectivity index (χ0v) is 19.6. The van der Waals surface area contributed by atoms with Gasteiger partial charge < -0.3 is 24.1 Å². The van der Waals surface area contributed by atoms with Crippen LogP contribution < -0.4 is 14.2 Å². The lowest BCUT2D eigenvalue weighted by Crippen LogP contribution is -2.36. The Kier molecular flexibility index (Phi) is 7.07. The summed E-state index contributed by atoms with van der Waals surface area (Å²) in [6, 6.07) is 8.40. The second kappa shape index (κ2) is 10.2. The number of methoxy groups -OCH3 is 2. The number of Topliss-reactive ketones (excluding diaryl/α,β-unsaturated/α-hetero) is 1. The van der Waals surface area contributed by atoms with Crippen LogP contribution in [-0.2, 0) is 16.1 Å². The van der Waals surface area contributed by atoms with Crippen LogP contribution in [0.4, 0.5) is 0 Å². The third kappa shape index (κ3) is 4.72. The van der Waals surface area contributed by atoms with E-state index in [1.807, 2.05) is 0 Å². The molecule has 0 radical (unpaired) electrons. The number of allylic oxidation sites excluding steroid dienone is 1. The van der Waals surface area contributed by atoms with Gasteiger partial charge in [0.25, 0.3) is 0 Å². The van der Waals surface area contributed by atoms with E-state index in [0.717, 1.165) is 0 Å². The first kappa shape index (κ1) is 23.6. The minimum atomic E-state index is -0.254. The number of ketones is 1. The topological polar surface area (TPSA) is 94.5 Å². The minimum Gasteiger partial charge on any atom is -0.507 e. The molecule has 2 aromatic carbocycles. The highest BCUT2D eigenvalue weighted by atomic mass is 16.5. The number of hydrogen-bond acceptors (Lipinski definition) is 8. The van der Waals surface area contributed by atoms with Crippen LogP contribution in [0.15, 0.2) is 36.1 Å². The first-order valence-electron chi connectivity index (χ1n) is 11.3. The molecule has 2 aliphatic rings. The van der Waals surface area contributed by atoms with E-state index in [2.05, 4.69) is 4.90 Å². The van der Waals surface area contributed by atoms with Gasteiger partial charge in [0, 0.05) is 18.2 Å². The molecule has 1 saturated heterocycles. The maximum Gasteiger partial charge on any atom is 0.309 e. The van der Waals surface area contributed by atoms with Crippen LogP contribution in [0, 0.1) is 5.92 Å². The van der Waals surface area contributed by atoms with E-state index in [0.29, 0.717) is 73.0 Å². The second-order valence-corrected chi connectivity index (χ2v) is 8.29. The molecule has 1 fully saturated rings. The summed E-state index contributed by atoms with van der Waals surface area (Å²) >= 11 is 0. The monoisotopic (exact) mass is 467 g/mol. The summed E-state index contributed by atoms with van der Waals surface area (Å²) in [4.78, 5) is 27.2. The Morgan fingerprint density at radius 2 is 1.94 bits per heavy atom. The molecule has 0 aliphatic carbocycles. The Balaban J connectivity index is 1.54. The standard InChI is InChI=1S/C26H29NO7/c1-4-33-26(30)16-9-11-27(12-10-16)15-20-21(28)8-7-19-24(29)23(34-25(19)20)13-17-5-6-18(31-2)14-22(17)32-3/h5-8,13-14,16,28H,4,9-12,15H2,1-3H3/b23-13+. The molecule has 2 aliphatic heterocycles. The van der Waals surface area contributed by atoms with Crippen molar-refractivity contribution in [1.82, 2.24) is 4.90 Å². The van der Waals surface area contributed by atoms with E-state index in [4.69, 9.17) is 18.9 Å². The number of carbonyl (C=O) groups excluding carboxylic acids is 2. The molecule has 2 heterocycles. The highest BCUT2D eigenvalue weighted by Gasteiger charge is 2.33. The molecule has 8 nitrogen and oxygen atoms in total. The maximum atomic E-state index is 13.1. The Labute approximate surface area is 198 Å². The fourth-order valence-corrected chi connectivity index (χ4v) is 4.34. The number of carbonyl (C=O) groups is 2. The lowest BCUT2D eigenvalue weighted by Gasteiger charge is -2.31. The number of ether oxygens (including phenoxy) is 4. The molecule has 0 aromatic heterocycles. The van der Waals surface area contributed by atoms with E-state index < -0.39 is 0 Å². The molecule has 0 spiro atoms. The number of likely N-dealkylation sites (tertiary alicyclic amines) is 1. The lowest BCUT2D eigenvalue weighted by atomic mass is 9.96. The van der Waals surface area contributed by atoms with Gasteiger partial charge >= 0.3 is 5.97 Å². The van der Waals surface area contributed by atoms with E-state index >= 15 is 0 Å². The fraction of sp³-hybridized carbons (Fsp3) is 0.385. The van der Waals surface area contributed by atoms with Crippen molar-refractivity contribution in [2.24, 2.45) is 5.92 Å². The Morgan fingerprint density at radius 3 is 2.62 bits per heavy atom. The number of hydrogen-bond donors (Lipinski definition) is 1. The first-order chi connectivity index (χ1) is 16.4. The van der Waals surface area contributed by atoms with E-state index in [9.17, 15) is 14.7 Å². The molecule has 2 aromatic rings. The average molecular weight is 468 g/mol. The summed E-state index contributed by atoms with van der Waals surface area (Å²) in [5.41, 5.74) is 1.64. The Morgan fingerprint density at radius 1 is 1.18 bits per heavy atom. The molecule has 0 unspecified atom stereocenters. The molecule has 8 heteroatoms. The van der Waals surface area contributed by atoms with Crippen molar-refractivity contribution >= 4 is 17.8 Å². The summed E-state index contributed by atoms with van der Waals surface area (Å²) in [7, 11) is 3.12. The van der Waals surface area contributed by atoms with Crippen LogP contribution >= 0.6 is 0 Å². The third-order valence-corrected chi connectivity index (χ3v) is 6.23. The minimum absolute atomic E-state index is 0.0716.